The number of rotatable bonds is 4. The van der Waals surface area contributed by atoms with Crippen molar-refractivity contribution in [3.05, 3.63) is 12.2 Å². The Balaban J connectivity index is 1.57. The summed E-state index contributed by atoms with van der Waals surface area (Å²) in [5.41, 5.74) is -0.354. The molecule has 0 aromatic heterocycles. The van der Waals surface area contributed by atoms with Gasteiger partial charge >= 0.3 is 12.1 Å². The van der Waals surface area contributed by atoms with Crippen LogP contribution in [0.1, 0.15) is 46.0 Å². The van der Waals surface area contributed by atoms with E-state index < -0.39 is 24.0 Å². The molecule has 4 bridgehead atoms. The highest BCUT2D eigenvalue weighted by atomic mass is 16.8. The second-order valence-corrected chi connectivity index (χ2v) is 7.15. The molecule has 6 nitrogen and oxygen atoms in total. The van der Waals surface area contributed by atoms with Gasteiger partial charge in [0.1, 0.15) is 11.4 Å². The maximum absolute atomic E-state index is 12.1. The SMILES string of the molecule is C=C(C)C(=O)OC(C)OC(=O)OC12CC3CC(C1)C(=O)C(C3)C2. The van der Waals surface area contributed by atoms with E-state index in [-0.39, 0.29) is 17.4 Å². The van der Waals surface area contributed by atoms with Crippen LogP contribution in [-0.4, -0.2) is 29.8 Å². The summed E-state index contributed by atoms with van der Waals surface area (Å²) in [5, 5.41) is 0. The van der Waals surface area contributed by atoms with Crippen molar-refractivity contribution in [3.8, 4) is 0 Å². The summed E-state index contributed by atoms with van der Waals surface area (Å²) in [6, 6.07) is 0. The Kier molecular flexibility index (Phi) is 3.94. The first-order valence-electron chi connectivity index (χ1n) is 8.08. The van der Waals surface area contributed by atoms with Crippen molar-refractivity contribution in [2.75, 3.05) is 0 Å². The van der Waals surface area contributed by atoms with E-state index in [0.717, 1.165) is 19.3 Å². The Labute approximate surface area is 135 Å². The van der Waals surface area contributed by atoms with Crippen LogP contribution in [0.15, 0.2) is 12.2 Å². The average molecular weight is 322 g/mol. The van der Waals surface area contributed by atoms with Gasteiger partial charge in [-0.05, 0) is 44.9 Å². The van der Waals surface area contributed by atoms with Gasteiger partial charge in [-0.1, -0.05) is 6.58 Å². The Morgan fingerprint density at radius 2 is 1.78 bits per heavy atom. The standard InChI is InChI=1S/C17H22O6/c1-9(2)15(19)21-10(3)22-16(20)23-17-6-11-4-12(7-17)14(18)13(5-11)8-17/h10-13H,1,4-8H2,2-3H3. The van der Waals surface area contributed by atoms with Gasteiger partial charge in [0.2, 0.25) is 6.29 Å². The number of ketones is 1. The predicted molar refractivity (Wildman–Crippen MR) is 79.2 cm³/mol. The van der Waals surface area contributed by atoms with Crippen molar-refractivity contribution in [1.29, 1.82) is 0 Å². The number of carbonyl (C=O) groups excluding carboxylic acids is 3. The van der Waals surface area contributed by atoms with Gasteiger partial charge < -0.3 is 14.2 Å². The molecule has 0 radical (unpaired) electrons. The maximum atomic E-state index is 12.1. The van der Waals surface area contributed by atoms with E-state index >= 15 is 0 Å². The molecule has 4 aliphatic carbocycles. The molecule has 0 aliphatic heterocycles. The fraction of sp³-hybridized carbons (Fsp3) is 0.706. The monoisotopic (exact) mass is 322 g/mol. The second-order valence-electron chi connectivity index (χ2n) is 7.15. The molecule has 4 saturated carbocycles. The molecular formula is C17H22O6. The van der Waals surface area contributed by atoms with Gasteiger partial charge in [0.15, 0.2) is 0 Å². The molecular weight excluding hydrogens is 300 g/mol. The number of carbonyl (C=O) groups is 3. The summed E-state index contributed by atoms with van der Waals surface area (Å²) < 4.78 is 15.5. The van der Waals surface area contributed by atoms with Crippen molar-refractivity contribution in [2.45, 2.75) is 57.8 Å². The van der Waals surface area contributed by atoms with Crippen LogP contribution in [-0.2, 0) is 23.8 Å². The predicted octanol–water partition coefficient (Wildman–Crippen LogP) is 2.75. The number of hydrogen-bond donors (Lipinski definition) is 0. The Bertz CT molecular complexity index is 547. The third-order valence-corrected chi connectivity index (χ3v) is 5.12. The van der Waals surface area contributed by atoms with E-state index in [9.17, 15) is 14.4 Å². The van der Waals surface area contributed by atoms with Gasteiger partial charge in [-0.25, -0.2) is 9.59 Å². The van der Waals surface area contributed by atoms with Crippen LogP contribution in [0.5, 0.6) is 0 Å². The largest absolute Gasteiger partial charge is 0.511 e. The molecule has 4 aliphatic rings. The van der Waals surface area contributed by atoms with Gasteiger partial charge in [-0.15, -0.1) is 0 Å². The number of esters is 1. The van der Waals surface area contributed by atoms with E-state index in [4.69, 9.17) is 14.2 Å². The molecule has 0 amide bonds. The van der Waals surface area contributed by atoms with Crippen LogP contribution in [0.4, 0.5) is 4.79 Å². The summed E-state index contributed by atoms with van der Waals surface area (Å²) in [6.45, 7) is 6.43. The summed E-state index contributed by atoms with van der Waals surface area (Å²) in [7, 11) is 0. The van der Waals surface area contributed by atoms with Gasteiger partial charge in [0.05, 0.1) is 0 Å². The molecule has 0 aromatic rings. The molecule has 23 heavy (non-hydrogen) atoms. The van der Waals surface area contributed by atoms with E-state index in [0.29, 0.717) is 24.5 Å². The minimum Gasteiger partial charge on any atom is -0.428 e. The molecule has 126 valence electrons. The highest BCUT2D eigenvalue weighted by Gasteiger charge is 2.57. The molecule has 0 heterocycles. The van der Waals surface area contributed by atoms with Crippen LogP contribution in [0, 0.1) is 17.8 Å². The van der Waals surface area contributed by atoms with Gasteiger partial charge in [-0.2, -0.15) is 0 Å². The highest BCUT2D eigenvalue weighted by molar-refractivity contribution is 5.87. The minimum absolute atomic E-state index is 0.0210. The third-order valence-electron chi connectivity index (χ3n) is 5.12. The molecule has 0 N–H and O–H groups in total. The lowest BCUT2D eigenvalue weighted by molar-refractivity contribution is -0.181. The smallest absolute Gasteiger partial charge is 0.428 e. The Morgan fingerprint density at radius 1 is 1.17 bits per heavy atom. The molecule has 4 fully saturated rings. The van der Waals surface area contributed by atoms with Crippen molar-refractivity contribution >= 4 is 17.9 Å². The topological polar surface area (TPSA) is 78.9 Å². The molecule has 0 saturated heterocycles. The summed E-state index contributed by atoms with van der Waals surface area (Å²) >= 11 is 0. The Morgan fingerprint density at radius 3 is 2.35 bits per heavy atom. The lowest BCUT2D eigenvalue weighted by Gasteiger charge is -2.54. The lowest BCUT2D eigenvalue weighted by Crippen LogP contribution is -2.57. The average Bonchev–Trinajstić information content (AvgIpc) is 2.42. The normalized spacial score (nSPS) is 35.6. The quantitative estimate of drug-likeness (QED) is 0.450. The van der Waals surface area contributed by atoms with E-state index in [1.54, 1.807) is 0 Å². The van der Waals surface area contributed by atoms with E-state index in [1.807, 2.05) is 0 Å². The minimum atomic E-state index is -1.04. The van der Waals surface area contributed by atoms with Crippen LogP contribution in [0.3, 0.4) is 0 Å². The summed E-state index contributed by atoms with van der Waals surface area (Å²) in [4.78, 5) is 35.5. The first-order chi connectivity index (χ1) is 10.8. The van der Waals surface area contributed by atoms with Gasteiger partial charge in [0, 0.05) is 24.3 Å². The summed E-state index contributed by atoms with van der Waals surface area (Å²) in [6.07, 6.45) is 1.93. The lowest BCUT2D eigenvalue weighted by atomic mass is 9.53. The van der Waals surface area contributed by atoms with Crippen LogP contribution in [0.25, 0.3) is 0 Å². The van der Waals surface area contributed by atoms with Crippen LogP contribution < -0.4 is 0 Å². The molecule has 4 rings (SSSR count). The molecule has 0 aromatic carbocycles. The van der Waals surface area contributed by atoms with E-state index in [1.165, 1.54) is 13.8 Å². The highest BCUT2D eigenvalue weighted by Crippen LogP contribution is 2.55. The van der Waals surface area contributed by atoms with Crippen LogP contribution >= 0.6 is 0 Å². The molecule has 3 atom stereocenters. The fourth-order valence-corrected chi connectivity index (χ4v) is 4.41. The van der Waals surface area contributed by atoms with Gasteiger partial charge in [-0.3, -0.25) is 4.79 Å². The van der Waals surface area contributed by atoms with Gasteiger partial charge in [0.25, 0.3) is 0 Å². The van der Waals surface area contributed by atoms with Crippen molar-refractivity contribution < 1.29 is 28.6 Å². The Hall–Kier alpha value is -1.85. The van der Waals surface area contributed by atoms with Crippen molar-refractivity contribution in [3.63, 3.8) is 0 Å². The zero-order valence-corrected chi connectivity index (χ0v) is 13.5. The first-order valence-corrected chi connectivity index (χ1v) is 8.08. The molecule has 0 spiro atoms. The zero-order chi connectivity index (χ0) is 16.8. The maximum Gasteiger partial charge on any atom is 0.511 e. The fourth-order valence-electron chi connectivity index (χ4n) is 4.41. The number of hydrogen-bond acceptors (Lipinski definition) is 6. The molecule has 3 unspecified atom stereocenters. The first kappa shape index (κ1) is 16.0. The third kappa shape index (κ3) is 3.12. The number of Topliss-reactive ketones (excluding diaryl/α,β-unsaturated/α-hetero) is 1. The number of ether oxygens (including phenoxy) is 3. The second kappa shape index (κ2) is 5.65. The molecule has 6 heteroatoms. The van der Waals surface area contributed by atoms with Crippen LogP contribution in [0.2, 0.25) is 0 Å². The van der Waals surface area contributed by atoms with Crippen molar-refractivity contribution in [1.82, 2.24) is 0 Å². The van der Waals surface area contributed by atoms with E-state index in [2.05, 4.69) is 6.58 Å². The summed E-state index contributed by atoms with van der Waals surface area (Å²) in [5.74, 6) is 0.208. The zero-order valence-electron chi connectivity index (χ0n) is 13.5. The van der Waals surface area contributed by atoms with Crippen molar-refractivity contribution in [2.24, 2.45) is 17.8 Å².